The minimum absolute atomic E-state index is 0.651. The molecule has 0 aliphatic rings. The molecular weight excluding hydrogens is 286 g/mol. The van der Waals surface area contributed by atoms with Gasteiger partial charge in [0.1, 0.15) is 0 Å². The Morgan fingerprint density at radius 2 is 1.95 bits per heavy atom. The van der Waals surface area contributed by atoms with Crippen molar-refractivity contribution in [3.8, 4) is 0 Å². The Kier molecular flexibility index (Phi) is 7.81. The van der Waals surface area contributed by atoms with Crippen LogP contribution in [0.2, 0.25) is 30.7 Å². The van der Waals surface area contributed by atoms with Crippen molar-refractivity contribution in [3.63, 3.8) is 0 Å². The molecule has 0 bridgehead atoms. The largest absolute Gasteiger partial charge is 0.383 e. The molecule has 0 saturated heterocycles. The first kappa shape index (κ1) is 17.7. The molecule has 1 aromatic rings. The molecule has 0 heterocycles. The lowest BCUT2D eigenvalue weighted by Crippen LogP contribution is -2.33. The predicted octanol–water partition coefficient (Wildman–Crippen LogP) is 4.07. The van der Waals surface area contributed by atoms with Crippen LogP contribution in [0.5, 0.6) is 0 Å². The fraction of sp³-hybridized carbons (Fsp3) is 0.625. The van der Waals surface area contributed by atoms with E-state index >= 15 is 0 Å². The Labute approximate surface area is 129 Å². The number of benzene rings is 1. The summed E-state index contributed by atoms with van der Waals surface area (Å²) in [6.07, 6.45) is 1.06. The van der Waals surface area contributed by atoms with Gasteiger partial charge in [0, 0.05) is 26.8 Å². The maximum absolute atomic E-state index is 6.29. The van der Waals surface area contributed by atoms with Gasteiger partial charge in [0.05, 0.1) is 6.61 Å². The lowest BCUT2D eigenvalue weighted by Gasteiger charge is -2.25. The van der Waals surface area contributed by atoms with Gasteiger partial charge in [-0.15, -0.1) is 0 Å². The fourth-order valence-electron chi connectivity index (χ4n) is 2.54. The molecule has 0 amide bonds. The topological polar surface area (TPSA) is 21.3 Å². The maximum Gasteiger partial charge on any atom is 0.0587 e. The van der Waals surface area contributed by atoms with Crippen molar-refractivity contribution in [2.75, 3.05) is 26.8 Å². The van der Waals surface area contributed by atoms with E-state index in [1.54, 1.807) is 7.11 Å². The SMILES string of the molecule is COCCNCC(Cc1ccccc1Cl)C[Si](C)(C)C. The molecule has 1 N–H and O–H groups in total. The third-order valence-electron chi connectivity index (χ3n) is 3.28. The third kappa shape index (κ3) is 7.43. The molecular formula is C16H28ClNOSi. The van der Waals surface area contributed by atoms with E-state index in [0.29, 0.717) is 5.92 Å². The van der Waals surface area contributed by atoms with Crippen molar-refractivity contribution in [2.24, 2.45) is 5.92 Å². The second-order valence-electron chi connectivity index (χ2n) is 6.62. The van der Waals surface area contributed by atoms with Crippen LogP contribution in [0.1, 0.15) is 5.56 Å². The van der Waals surface area contributed by atoms with Crippen LogP contribution in [0.15, 0.2) is 24.3 Å². The van der Waals surface area contributed by atoms with E-state index in [2.05, 4.69) is 37.1 Å². The van der Waals surface area contributed by atoms with Crippen molar-refractivity contribution in [2.45, 2.75) is 32.1 Å². The van der Waals surface area contributed by atoms with Gasteiger partial charge in [-0.25, -0.2) is 0 Å². The molecule has 0 aliphatic carbocycles. The van der Waals surface area contributed by atoms with Gasteiger partial charge in [-0.05, 0) is 30.5 Å². The van der Waals surface area contributed by atoms with Crippen LogP contribution in [0, 0.1) is 5.92 Å². The van der Waals surface area contributed by atoms with E-state index in [1.165, 1.54) is 11.6 Å². The standard InChI is InChI=1S/C16H28ClNOSi/c1-19-10-9-18-12-14(13-20(2,3)4)11-15-7-5-6-8-16(15)17/h5-8,14,18H,9-13H2,1-4H3. The Balaban J connectivity index is 2.60. The normalized spacial score (nSPS) is 13.4. The minimum atomic E-state index is -1.07. The molecule has 2 nitrogen and oxygen atoms in total. The zero-order valence-electron chi connectivity index (χ0n) is 13.2. The van der Waals surface area contributed by atoms with Crippen LogP contribution in [-0.4, -0.2) is 34.9 Å². The van der Waals surface area contributed by atoms with Gasteiger partial charge in [-0.3, -0.25) is 0 Å². The number of hydrogen-bond donors (Lipinski definition) is 1. The quantitative estimate of drug-likeness (QED) is 0.548. The van der Waals surface area contributed by atoms with Crippen LogP contribution in [0.3, 0.4) is 0 Å². The lowest BCUT2D eigenvalue weighted by atomic mass is 10.0. The zero-order valence-corrected chi connectivity index (χ0v) is 15.0. The monoisotopic (exact) mass is 313 g/mol. The van der Waals surface area contributed by atoms with Gasteiger partial charge >= 0.3 is 0 Å². The summed E-state index contributed by atoms with van der Waals surface area (Å²) in [6.45, 7) is 10.0. The Morgan fingerprint density at radius 1 is 1.25 bits per heavy atom. The lowest BCUT2D eigenvalue weighted by molar-refractivity contribution is 0.198. The summed E-state index contributed by atoms with van der Waals surface area (Å²) in [4.78, 5) is 0. The van der Waals surface area contributed by atoms with Crippen LogP contribution in [0.4, 0.5) is 0 Å². The highest BCUT2D eigenvalue weighted by Crippen LogP contribution is 2.24. The van der Waals surface area contributed by atoms with E-state index < -0.39 is 8.07 Å². The number of halogens is 1. The van der Waals surface area contributed by atoms with E-state index in [9.17, 15) is 0 Å². The molecule has 4 heteroatoms. The predicted molar refractivity (Wildman–Crippen MR) is 91.5 cm³/mol. The molecule has 0 fully saturated rings. The maximum atomic E-state index is 6.29. The van der Waals surface area contributed by atoms with E-state index in [1.807, 2.05) is 12.1 Å². The number of ether oxygens (including phenoxy) is 1. The Bertz CT molecular complexity index is 392. The van der Waals surface area contributed by atoms with E-state index in [4.69, 9.17) is 16.3 Å². The third-order valence-corrected chi connectivity index (χ3v) is 5.45. The van der Waals surface area contributed by atoms with Gasteiger partial charge in [-0.1, -0.05) is 55.5 Å². The molecule has 114 valence electrons. The molecule has 0 radical (unpaired) electrons. The number of hydrogen-bond acceptors (Lipinski definition) is 2. The Morgan fingerprint density at radius 3 is 2.55 bits per heavy atom. The van der Waals surface area contributed by atoms with Crippen LogP contribution in [-0.2, 0) is 11.2 Å². The van der Waals surface area contributed by atoms with Gasteiger partial charge < -0.3 is 10.1 Å². The van der Waals surface area contributed by atoms with Crippen LogP contribution >= 0.6 is 11.6 Å². The molecule has 1 rings (SSSR count). The van der Waals surface area contributed by atoms with Gasteiger partial charge in [-0.2, -0.15) is 0 Å². The average Bonchev–Trinajstić information content (AvgIpc) is 2.35. The summed E-state index contributed by atoms with van der Waals surface area (Å²) >= 11 is 6.29. The molecule has 1 unspecified atom stereocenters. The van der Waals surface area contributed by atoms with Gasteiger partial charge in [0.2, 0.25) is 0 Å². The molecule has 1 aromatic carbocycles. The summed E-state index contributed by atoms with van der Waals surface area (Å²) in [5, 5.41) is 4.40. The van der Waals surface area contributed by atoms with Crippen LogP contribution < -0.4 is 5.32 Å². The van der Waals surface area contributed by atoms with Gasteiger partial charge in [0.15, 0.2) is 0 Å². The minimum Gasteiger partial charge on any atom is -0.383 e. The Hall–Kier alpha value is -0.353. The molecule has 1 atom stereocenters. The summed E-state index contributed by atoms with van der Waals surface area (Å²) in [5.41, 5.74) is 1.27. The summed E-state index contributed by atoms with van der Waals surface area (Å²) in [5.74, 6) is 0.651. The summed E-state index contributed by atoms with van der Waals surface area (Å²) in [7, 11) is 0.667. The number of methoxy groups -OCH3 is 1. The van der Waals surface area contributed by atoms with Crippen molar-refractivity contribution < 1.29 is 4.74 Å². The van der Waals surface area contributed by atoms with Gasteiger partial charge in [0.25, 0.3) is 0 Å². The number of rotatable bonds is 9. The van der Waals surface area contributed by atoms with E-state index in [0.717, 1.165) is 31.1 Å². The molecule has 0 spiro atoms. The summed E-state index contributed by atoms with van der Waals surface area (Å²) < 4.78 is 5.09. The first-order valence-corrected chi connectivity index (χ1v) is 11.4. The molecule has 20 heavy (non-hydrogen) atoms. The first-order chi connectivity index (χ1) is 9.42. The summed E-state index contributed by atoms with van der Waals surface area (Å²) in [6, 6.07) is 9.52. The molecule has 0 aromatic heterocycles. The zero-order chi connectivity index (χ0) is 15.0. The van der Waals surface area contributed by atoms with Crippen LogP contribution in [0.25, 0.3) is 0 Å². The fourth-order valence-corrected chi connectivity index (χ4v) is 4.77. The smallest absolute Gasteiger partial charge is 0.0587 e. The van der Waals surface area contributed by atoms with Crippen molar-refractivity contribution in [1.29, 1.82) is 0 Å². The average molecular weight is 314 g/mol. The van der Waals surface area contributed by atoms with E-state index in [-0.39, 0.29) is 0 Å². The number of nitrogens with one attached hydrogen (secondary N) is 1. The highest BCUT2D eigenvalue weighted by molar-refractivity contribution is 6.76. The second kappa shape index (κ2) is 8.83. The highest BCUT2D eigenvalue weighted by Gasteiger charge is 2.21. The highest BCUT2D eigenvalue weighted by atomic mass is 35.5. The first-order valence-electron chi connectivity index (χ1n) is 7.35. The molecule has 0 saturated carbocycles. The molecule has 0 aliphatic heterocycles. The van der Waals surface area contributed by atoms with Crippen molar-refractivity contribution in [1.82, 2.24) is 5.32 Å². The second-order valence-corrected chi connectivity index (χ2v) is 12.6. The van der Waals surface area contributed by atoms with Crippen molar-refractivity contribution >= 4 is 19.7 Å². The van der Waals surface area contributed by atoms with Crippen molar-refractivity contribution in [3.05, 3.63) is 34.9 Å².